The third-order valence-corrected chi connectivity index (χ3v) is 3.54. The summed E-state index contributed by atoms with van der Waals surface area (Å²) >= 11 is 0. The number of Topliss-reactive ketones (excluding diaryl/α,β-unsaturated/α-hetero) is 1. The maximum absolute atomic E-state index is 11.5. The van der Waals surface area contributed by atoms with Gasteiger partial charge in [-0.15, -0.1) is 0 Å². The Labute approximate surface area is 125 Å². The molecule has 2 atom stereocenters. The lowest BCUT2D eigenvalue weighted by molar-refractivity contribution is -0.0965. The fourth-order valence-corrected chi connectivity index (χ4v) is 2.59. The normalized spacial score (nSPS) is 23.0. The van der Waals surface area contributed by atoms with Crippen molar-refractivity contribution in [3.63, 3.8) is 0 Å². The molecule has 5 nitrogen and oxygen atoms in total. The smallest absolute Gasteiger partial charge is 0.163 e. The number of ether oxygens (including phenoxy) is 2. The van der Waals surface area contributed by atoms with Crippen LogP contribution in [0.3, 0.4) is 0 Å². The average Bonchev–Trinajstić information content (AvgIpc) is 2.47. The van der Waals surface area contributed by atoms with Crippen molar-refractivity contribution in [2.75, 3.05) is 32.8 Å². The van der Waals surface area contributed by atoms with Crippen LogP contribution in [0.25, 0.3) is 0 Å². The van der Waals surface area contributed by atoms with Gasteiger partial charge < -0.3 is 14.6 Å². The predicted octanol–water partition coefficient (Wildman–Crippen LogP) is 1.35. The lowest BCUT2D eigenvalue weighted by Crippen LogP contribution is -2.49. The zero-order valence-corrected chi connectivity index (χ0v) is 12.6. The highest BCUT2D eigenvalue weighted by Gasteiger charge is 2.24. The van der Waals surface area contributed by atoms with Gasteiger partial charge in [0.2, 0.25) is 0 Å². The molecule has 1 aromatic carbocycles. The summed E-state index contributed by atoms with van der Waals surface area (Å²) in [4.78, 5) is 13.7. The fraction of sp³-hybridized carbons (Fsp3) is 0.562. The molecule has 1 aliphatic heterocycles. The molecule has 1 aliphatic rings. The molecule has 5 heteroatoms. The molecule has 0 amide bonds. The van der Waals surface area contributed by atoms with Gasteiger partial charge in [0.25, 0.3) is 0 Å². The van der Waals surface area contributed by atoms with Gasteiger partial charge in [0.05, 0.1) is 24.4 Å². The van der Waals surface area contributed by atoms with E-state index in [0.29, 0.717) is 24.5 Å². The van der Waals surface area contributed by atoms with Gasteiger partial charge in [-0.25, -0.2) is 0 Å². The van der Waals surface area contributed by atoms with Gasteiger partial charge in [0.15, 0.2) is 5.78 Å². The first kappa shape index (κ1) is 15.9. The van der Waals surface area contributed by atoms with Gasteiger partial charge >= 0.3 is 0 Å². The van der Waals surface area contributed by atoms with E-state index >= 15 is 0 Å². The summed E-state index contributed by atoms with van der Waals surface area (Å²) in [5.41, 5.74) is 0.612. The largest absolute Gasteiger partial charge is 0.491 e. The molecule has 1 fully saturated rings. The molecule has 0 bridgehead atoms. The van der Waals surface area contributed by atoms with Crippen LogP contribution in [-0.2, 0) is 4.74 Å². The lowest BCUT2D eigenvalue weighted by atomic mass is 10.1. The molecule has 1 heterocycles. The van der Waals surface area contributed by atoms with E-state index < -0.39 is 0 Å². The Bertz CT molecular complexity index is 477. The highest BCUT2D eigenvalue weighted by atomic mass is 16.5. The minimum absolute atomic E-state index is 0.00550. The van der Waals surface area contributed by atoms with Gasteiger partial charge in [-0.3, -0.25) is 9.69 Å². The first-order chi connectivity index (χ1) is 10.1. The number of aliphatic hydroxyl groups is 1. The van der Waals surface area contributed by atoms with E-state index in [-0.39, 0.29) is 24.6 Å². The Hall–Kier alpha value is -1.43. The number of ketones is 1. The van der Waals surface area contributed by atoms with Crippen LogP contribution < -0.4 is 4.74 Å². The van der Waals surface area contributed by atoms with Gasteiger partial charge in [-0.2, -0.15) is 0 Å². The van der Waals surface area contributed by atoms with Crippen molar-refractivity contribution in [1.82, 2.24) is 4.90 Å². The molecule has 2 unspecified atom stereocenters. The van der Waals surface area contributed by atoms with E-state index in [1.807, 2.05) is 25.1 Å². The summed E-state index contributed by atoms with van der Waals surface area (Å²) in [5, 5.41) is 9.21. The first-order valence-electron chi connectivity index (χ1n) is 7.31. The number of rotatable bonds is 6. The third-order valence-electron chi connectivity index (χ3n) is 3.54. The maximum Gasteiger partial charge on any atom is 0.163 e. The van der Waals surface area contributed by atoms with Crippen molar-refractivity contribution in [3.8, 4) is 5.75 Å². The SMILES string of the molecule is CC(=O)c1ccccc1OCCN1CC(C)OC(CO)C1. The second-order valence-corrected chi connectivity index (χ2v) is 5.41. The average molecular weight is 293 g/mol. The topological polar surface area (TPSA) is 59.0 Å². The molecule has 1 N–H and O–H groups in total. The molecule has 116 valence electrons. The van der Waals surface area contributed by atoms with Gasteiger partial charge in [-0.05, 0) is 26.0 Å². The molecular formula is C16H23NO4. The number of para-hydroxylation sites is 1. The van der Waals surface area contributed by atoms with Crippen LogP contribution in [0, 0.1) is 0 Å². The lowest BCUT2D eigenvalue weighted by Gasteiger charge is -2.35. The van der Waals surface area contributed by atoms with Crippen LogP contribution in [0.2, 0.25) is 0 Å². The number of benzene rings is 1. The minimum Gasteiger partial charge on any atom is -0.491 e. The molecule has 0 radical (unpaired) electrons. The van der Waals surface area contributed by atoms with Crippen LogP contribution in [0.15, 0.2) is 24.3 Å². The Morgan fingerprint density at radius 1 is 1.43 bits per heavy atom. The van der Waals surface area contributed by atoms with E-state index in [9.17, 15) is 9.90 Å². The minimum atomic E-state index is -0.127. The summed E-state index contributed by atoms with van der Waals surface area (Å²) in [6.45, 7) is 6.37. The van der Waals surface area contributed by atoms with E-state index in [1.165, 1.54) is 6.92 Å². The Balaban J connectivity index is 1.85. The van der Waals surface area contributed by atoms with Crippen LogP contribution in [-0.4, -0.2) is 60.8 Å². The number of carbonyl (C=O) groups is 1. The van der Waals surface area contributed by atoms with Gasteiger partial charge in [0.1, 0.15) is 12.4 Å². The van der Waals surface area contributed by atoms with Crippen molar-refractivity contribution in [3.05, 3.63) is 29.8 Å². The Morgan fingerprint density at radius 3 is 2.90 bits per heavy atom. The molecule has 21 heavy (non-hydrogen) atoms. The number of morpholine rings is 1. The van der Waals surface area contributed by atoms with E-state index in [0.717, 1.165) is 13.1 Å². The molecule has 0 spiro atoms. The first-order valence-corrected chi connectivity index (χ1v) is 7.31. The number of nitrogens with zero attached hydrogens (tertiary/aromatic N) is 1. The second kappa shape index (κ2) is 7.54. The van der Waals surface area contributed by atoms with E-state index in [1.54, 1.807) is 6.07 Å². The number of aliphatic hydroxyl groups excluding tert-OH is 1. The van der Waals surface area contributed by atoms with Crippen LogP contribution >= 0.6 is 0 Å². The number of carbonyl (C=O) groups excluding carboxylic acids is 1. The molecule has 0 aliphatic carbocycles. The van der Waals surface area contributed by atoms with Crippen LogP contribution in [0.5, 0.6) is 5.75 Å². The third kappa shape index (κ3) is 4.52. The summed E-state index contributed by atoms with van der Waals surface area (Å²) in [7, 11) is 0. The van der Waals surface area contributed by atoms with Gasteiger partial charge in [-0.1, -0.05) is 12.1 Å². The van der Waals surface area contributed by atoms with E-state index in [4.69, 9.17) is 9.47 Å². The molecule has 0 saturated carbocycles. The fourth-order valence-electron chi connectivity index (χ4n) is 2.59. The maximum atomic E-state index is 11.5. The van der Waals surface area contributed by atoms with Crippen molar-refractivity contribution < 1.29 is 19.4 Å². The Kier molecular flexibility index (Phi) is 5.73. The molecular weight excluding hydrogens is 270 g/mol. The summed E-state index contributed by atoms with van der Waals surface area (Å²) < 4.78 is 11.3. The molecule has 2 rings (SSSR count). The van der Waals surface area contributed by atoms with Crippen molar-refractivity contribution in [2.45, 2.75) is 26.1 Å². The zero-order chi connectivity index (χ0) is 15.2. The summed E-state index contributed by atoms with van der Waals surface area (Å²) in [6, 6.07) is 7.28. The zero-order valence-electron chi connectivity index (χ0n) is 12.6. The Morgan fingerprint density at radius 2 is 2.19 bits per heavy atom. The highest BCUT2D eigenvalue weighted by Crippen LogP contribution is 2.18. The standard InChI is InChI=1S/C16H23NO4/c1-12-9-17(10-14(11-18)21-12)7-8-20-16-6-4-3-5-15(16)13(2)19/h3-6,12,14,18H,7-11H2,1-2H3. The molecule has 1 saturated heterocycles. The molecule has 0 aromatic heterocycles. The second-order valence-electron chi connectivity index (χ2n) is 5.41. The van der Waals surface area contributed by atoms with Crippen molar-refractivity contribution in [2.24, 2.45) is 0 Å². The van der Waals surface area contributed by atoms with Crippen LogP contribution in [0.1, 0.15) is 24.2 Å². The summed E-state index contributed by atoms with van der Waals surface area (Å²) in [5.74, 6) is 0.635. The monoisotopic (exact) mass is 293 g/mol. The van der Waals surface area contributed by atoms with Gasteiger partial charge in [0, 0.05) is 19.6 Å². The van der Waals surface area contributed by atoms with E-state index in [2.05, 4.69) is 4.90 Å². The number of hydrogen-bond acceptors (Lipinski definition) is 5. The van der Waals surface area contributed by atoms with Crippen molar-refractivity contribution >= 4 is 5.78 Å². The molecule has 1 aromatic rings. The number of hydrogen-bond donors (Lipinski definition) is 1. The predicted molar refractivity (Wildman–Crippen MR) is 79.8 cm³/mol. The van der Waals surface area contributed by atoms with Crippen molar-refractivity contribution in [1.29, 1.82) is 0 Å². The summed E-state index contributed by atoms with van der Waals surface area (Å²) in [6.07, 6.45) is -0.0151. The quantitative estimate of drug-likeness (QED) is 0.802. The highest BCUT2D eigenvalue weighted by molar-refractivity contribution is 5.96. The van der Waals surface area contributed by atoms with Crippen LogP contribution in [0.4, 0.5) is 0 Å².